The second-order valence-corrected chi connectivity index (χ2v) is 4.73. The predicted octanol–water partition coefficient (Wildman–Crippen LogP) is 2.32. The minimum Gasteiger partial charge on any atom is -0.376 e. The first-order valence-electron chi connectivity index (χ1n) is 6.65. The number of anilines is 1. The van der Waals surface area contributed by atoms with Gasteiger partial charge in [0.05, 0.1) is 18.9 Å². The van der Waals surface area contributed by atoms with Crippen molar-refractivity contribution in [1.29, 1.82) is 0 Å². The second kappa shape index (κ2) is 5.54. The zero-order valence-corrected chi connectivity index (χ0v) is 11.3. The van der Waals surface area contributed by atoms with E-state index in [9.17, 15) is 4.39 Å². The Morgan fingerprint density at radius 3 is 2.95 bits per heavy atom. The van der Waals surface area contributed by atoms with Crippen LogP contribution in [-0.4, -0.2) is 23.6 Å². The monoisotopic (exact) mass is 273 g/mol. The Bertz CT molecular complexity index is 613. The van der Waals surface area contributed by atoms with Crippen molar-refractivity contribution in [3.05, 3.63) is 52.7 Å². The third kappa shape index (κ3) is 2.49. The molecule has 0 saturated heterocycles. The average Bonchev–Trinajstić information content (AvgIpc) is 2.49. The topological polar surface area (TPSA) is 47.0 Å². The SMILES string of the molecule is CNc1nc(Cc2ccccc2F)nc2c1COCC2. The van der Waals surface area contributed by atoms with Gasteiger partial charge in [0.2, 0.25) is 0 Å². The van der Waals surface area contributed by atoms with E-state index >= 15 is 0 Å². The molecule has 1 N–H and O–H groups in total. The lowest BCUT2D eigenvalue weighted by atomic mass is 10.1. The maximum Gasteiger partial charge on any atom is 0.135 e. The lowest BCUT2D eigenvalue weighted by Gasteiger charge is -2.19. The molecule has 0 fully saturated rings. The summed E-state index contributed by atoms with van der Waals surface area (Å²) in [5, 5.41) is 3.07. The molecule has 2 aromatic rings. The van der Waals surface area contributed by atoms with Crippen molar-refractivity contribution < 1.29 is 9.13 Å². The van der Waals surface area contributed by atoms with Gasteiger partial charge in [0.1, 0.15) is 17.5 Å². The third-order valence-corrected chi connectivity index (χ3v) is 3.41. The van der Waals surface area contributed by atoms with E-state index in [0.29, 0.717) is 31.0 Å². The van der Waals surface area contributed by atoms with Gasteiger partial charge in [-0.25, -0.2) is 14.4 Å². The molecule has 1 aromatic carbocycles. The molecular weight excluding hydrogens is 257 g/mol. The molecule has 0 bridgehead atoms. The van der Waals surface area contributed by atoms with Crippen LogP contribution in [0.2, 0.25) is 0 Å². The lowest BCUT2D eigenvalue weighted by molar-refractivity contribution is 0.109. The molecule has 0 amide bonds. The fraction of sp³-hybridized carbons (Fsp3) is 0.333. The van der Waals surface area contributed by atoms with E-state index in [1.165, 1.54) is 6.07 Å². The molecule has 5 heteroatoms. The summed E-state index contributed by atoms with van der Waals surface area (Å²) in [4.78, 5) is 9.03. The molecule has 4 nitrogen and oxygen atoms in total. The van der Waals surface area contributed by atoms with Crippen molar-refractivity contribution in [3.63, 3.8) is 0 Å². The second-order valence-electron chi connectivity index (χ2n) is 4.73. The summed E-state index contributed by atoms with van der Waals surface area (Å²) in [7, 11) is 1.82. The summed E-state index contributed by atoms with van der Waals surface area (Å²) >= 11 is 0. The fourth-order valence-electron chi connectivity index (χ4n) is 2.38. The van der Waals surface area contributed by atoms with Crippen LogP contribution in [-0.2, 0) is 24.2 Å². The van der Waals surface area contributed by atoms with E-state index in [1.807, 2.05) is 13.1 Å². The molecule has 0 spiro atoms. The first kappa shape index (κ1) is 13.0. The van der Waals surface area contributed by atoms with E-state index in [2.05, 4.69) is 15.3 Å². The highest BCUT2D eigenvalue weighted by Crippen LogP contribution is 2.23. The molecule has 0 aliphatic carbocycles. The Hall–Kier alpha value is -2.01. The number of nitrogens with one attached hydrogen (secondary N) is 1. The van der Waals surface area contributed by atoms with Crippen molar-refractivity contribution >= 4 is 5.82 Å². The maximum atomic E-state index is 13.7. The minimum absolute atomic E-state index is 0.219. The molecule has 3 rings (SSSR count). The third-order valence-electron chi connectivity index (χ3n) is 3.41. The van der Waals surface area contributed by atoms with Gasteiger partial charge in [-0.05, 0) is 11.6 Å². The van der Waals surface area contributed by atoms with Crippen molar-refractivity contribution in [2.75, 3.05) is 19.0 Å². The molecule has 2 heterocycles. The molecule has 0 atom stereocenters. The molecule has 0 saturated carbocycles. The van der Waals surface area contributed by atoms with Crippen molar-refractivity contribution in [1.82, 2.24) is 9.97 Å². The first-order valence-corrected chi connectivity index (χ1v) is 6.65. The molecular formula is C15H16FN3O. The molecule has 20 heavy (non-hydrogen) atoms. The van der Waals surface area contributed by atoms with Crippen LogP contribution in [0.1, 0.15) is 22.6 Å². The minimum atomic E-state index is -0.219. The van der Waals surface area contributed by atoms with E-state index < -0.39 is 0 Å². The summed E-state index contributed by atoms with van der Waals surface area (Å²) in [5.74, 6) is 1.20. The van der Waals surface area contributed by atoms with Gasteiger partial charge >= 0.3 is 0 Å². The van der Waals surface area contributed by atoms with Gasteiger partial charge in [-0.3, -0.25) is 0 Å². The molecule has 1 aliphatic heterocycles. The van der Waals surface area contributed by atoms with E-state index in [4.69, 9.17) is 4.74 Å². The highest BCUT2D eigenvalue weighted by atomic mass is 19.1. The average molecular weight is 273 g/mol. The standard InChI is InChI=1S/C15H16FN3O/c1-17-15-11-9-20-7-6-13(11)18-14(19-15)8-10-4-2-3-5-12(10)16/h2-5H,6-9H2,1H3,(H,17,18,19). The summed E-state index contributed by atoms with van der Waals surface area (Å²) in [5.41, 5.74) is 2.62. The Morgan fingerprint density at radius 2 is 2.15 bits per heavy atom. The van der Waals surface area contributed by atoms with Crippen LogP contribution in [0.25, 0.3) is 0 Å². The van der Waals surface area contributed by atoms with Gasteiger partial charge in [0, 0.05) is 25.5 Å². The molecule has 0 radical (unpaired) electrons. The summed E-state index contributed by atoms with van der Waals surface area (Å²) < 4.78 is 19.1. The molecule has 1 aliphatic rings. The van der Waals surface area contributed by atoms with Gasteiger partial charge in [0.15, 0.2) is 0 Å². The number of halogens is 1. The normalized spacial score (nSPS) is 13.9. The summed E-state index contributed by atoms with van der Waals surface area (Å²) in [6, 6.07) is 6.73. The van der Waals surface area contributed by atoms with Crippen LogP contribution in [0.4, 0.5) is 10.2 Å². The Kier molecular flexibility index (Phi) is 3.60. The Labute approximate surface area is 117 Å². The van der Waals surface area contributed by atoms with Crippen LogP contribution in [0.5, 0.6) is 0 Å². The Balaban J connectivity index is 1.96. The van der Waals surface area contributed by atoms with Crippen LogP contribution >= 0.6 is 0 Å². The zero-order chi connectivity index (χ0) is 13.9. The van der Waals surface area contributed by atoms with E-state index in [0.717, 1.165) is 23.5 Å². The Morgan fingerprint density at radius 1 is 1.30 bits per heavy atom. The quantitative estimate of drug-likeness (QED) is 0.932. The van der Waals surface area contributed by atoms with Gasteiger partial charge in [-0.2, -0.15) is 0 Å². The number of aromatic nitrogens is 2. The van der Waals surface area contributed by atoms with Crippen molar-refractivity contribution in [2.45, 2.75) is 19.4 Å². The van der Waals surface area contributed by atoms with Gasteiger partial charge in [0.25, 0.3) is 0 Å². The first-order chi connectivity index (χ1) is 9.78. The number of rotatable bonds is 3. The van der Waals surface area contributed by atoms with E-state index in [-0.39, 0.29) is 5.82 Å². The largest absolute Gasteiger partial charge is 0.376 e. The lowest BCUT2D eigenvalue weighted by Crippen LogP contribution is -2.17. The fourth-order valence-corrected chi connectivity index (χ4v) is 2.38. The number of nitrogens with zero attached hydrogens (tertiary/aromatic N) is 2. The van der Waals surface area contributed by atoms with Crippen LogP contribution < -0.4 is 5.32 Å². The smallest absolute Gasteiger partial charge is 0.135 e. The number of hydrogen-bond donors (Lipinski definition) is 1. The zero-order valence-electron chi connectivity index (χ0n) is 11.3. The maximum absolute atomic E-state index is 13.7. The van der Waals surface area contributed by atoms with Gasteiger partial charge < -0.3 is 10.1 Å². The van der Waals surface area contributed by atoms with Gasteiger partial charge in [-0.15, -0.1) is 0 Å². The number of fused-ring (bicyclic) bond motifs is 1. The highest BCUT2D eigenvalue weighted by Gasteiger charge is 2.18. The van der Waals surface area contributed by atoms with Crippen LogP contribution in [0.3, 0.4) is 0 Å². The highest BCUT2D eigenvalue weighted by molar-refractivity contribution is 5.47. The van der Waals surface area contributed by atoms with Crippen LogP contribution in [0.15, 0.2) is 24.3 Å². The summed E-state index contributed by atoms with van der Waals surface area (Å²) in [6.07, 6.45) is 1.17. The number of hydrogen-bond acceptors (Lipinski definition) is 4. The predicted molar refractivity (Wildman–Crippen MR) is 74.1 cm³/mol. The molecule has 104 valence electrons. The van der Waals surface area contributed by atoms with Crippen LogP contribution in [0, 0.1) is 5.82 Å². The van der Waals surface area contributed by atoms with Crippen molar-refractivity contribution in [2.24, 2.45) is 0 Å². The van der Waals surface area contributed by atoms with E-state index in [1.54, 1.807) is 12.1 Å². The van der Waals surface area contributed by atoms with Gasteiger partial charge in [-0.1, -0.05) is 18.2 Å². The molecule has 1 aromatic heterocycles. The van der Waals surface area contributed by atoms with Crippen molar-refractivity contribution in [3.8, 4) is 0 Å². The number of ether oxygens (including phenoxy) is 1. The molecule has 0 unspecified atom stereocenters. The summed E-state index contributed by atoms with van der Waals surface area (Å²) in [6.45, 7) is 1.21. The number of benzene rings is 1.